The molecule has 0 aliphatic heterocycles. The summed E-state index contributed by atoms with van der Waals surface area (Å²) in [6.45, 7) is 0. The largest absolute Gasteiger partial charge is 0.455 e. The van der Waals surface area contributed by atoms with Crippen LogP contribution in [0.5, 0.6) is 0 Å². The standard InChI is InChI=1S/C44H28O/c1-3-13-29(14-4-1)30-23-25-32(26-24-30)41-34-17-7-9-19-36(34)42(37-20-10-8-18-35(37)41)39-28-27-33(31-15-5-2-6-16-31)44-43(39)38-21-11-12-22-40(38)45-44/h1-28H/i23D,24D,25D,26D. The average molecular weight is 577 g/mol. The second-order valence-corrected chi connectivity index (χ2v) is 11.3. The van der Waals surface area contributed by atoms with Crippen LogP contribution in [0.1, 0.15) is 5.48 Å². The van der Waals surface area contributed by atoms with Crippen molar-refractivity contribution in [1.29, 1.82) is 0 Å². The number of hydrogen-bond acceptors (Lipinski definition) is 1. The third-order valence-electron chi connectivity index (χ3n) is 8.75. The predicted molar refractivity (Wildman–Crippen MR) is 190 cm³/mol. The Morgan fingerprint density at radius 3 is 1.44 bits per heavy atom. The van der Waals surface area contributed by atoms with Crippen LogP contribution in [0.25, 0.3) is 88.0 Å². The van der Waals surface area contributed by atoms with Crippen LogP contribution in [-0.4, -0.2) is 0 Å². The molecule has 0 unspecified atom stereocenters. The molecule has 0 aliphatic carbocycles. The molecular formula is C44H28O. The Labute approximate surface area is 267 Å². The number of furan rings is 1. The lowest BCUT2D eigenvalue weighted by molar-refractivity contribution is 0.670. The van der Waals surface area contributed by atoms with Gasteiger partial charge >= 0.3 is 0 Å². The molecule has 0 radical (unpaired) electrons. The van der Waals surface area contributed by atoms with E-state index in [0.29, 0.717) is 22.3 Å². The first-order valence-corrected chi connectivity index (χ1v) is 15.1. The van der Waals surface area contributed by atoms with Crippen LogP contribution in [0.15, 0.2) is 174 Å². The molecule has 0 bridgehead atoms. The molecule has 1 aromatic heterocycles. The number of benzene rings is 8. The van der Waals surface area contributed by atoms with Crippen molar-refractivity contribution in [1.82, 2.24) is 0 Å². The molecule has 0 amide bonds. The van der Waals surface area contributed by atoms with Crippen molar-refractivity contribution in [2.24, 2.45) is 0 Å². The molecule has 0 atom stereocenters. The van der Waals surface area contributed by atoms with E-state index in [1.165, 1.54) is 0 Å². The Hall–Kier alpha value is -5.92. The minimum absolute atomic E-state index is 0.0532. The highest BCUT2D eigenvalue weighted by Gasteiger charge is 2.22. The van der Waals surface area contributed by atoms with Gasteiger partial charge in [0.1, 0.15) is 11.2 Å². The molecule has 0 saturated heterocycles. The summed E-state index contributed by atoms with van der Waals surface area (Å²) < 4.78 is 43.4. The van der Waals surface area contributed by atoms with Gasteiger partial charge < -0.3 is 4.42 Å². The lowest BCUT2D eigenvalue weighted by Crippen LogP contribution is -1.92. The van der Waals surface area contributed by atoms with Gasteiger partial charge in [0, 0.05) is 16.3 Å². The third-order valence-corrected chi connectivity index (χ3v) is 8.75. The summed E-state index contributed by atoms with van der Waals surface area (Å²) in [4.78, 5) is 0. The quantitative estimate of drug-likeness (QED) is 0.190. The van der Waals surface area contributed by atoms with Crippen molar-refractivity contribution in [3.05, 3.63) is 170 Å². The Morgan fingerprint density at radius 1 is 0.356 bits per heavy atom. The lowest BCUT2D eigenvalue weighted by atomic mass is 9.84. The number of rotatable bonds is 4. The maximum absolute atomic E-state index is 9.31. The summed E-state index contributed by atoms with van der Waals surface area (Å²) in [6, 6.07) is 48.0. The minimum atomic E-state index is -0.0571. The van der Waals surface area contributed by atoms with E-state index in [9.17, 15) is 2.74 Å². The van der Waals surface area contributed by atoms with E-state index in [2.05, 4.69) is 42.5 Å². The zero-order valence-electron chi connectivity index (χ0n) is 28.3. The van der Waals surface area contributed by atoms with Crippen molar-refractivity contribution in [3.63, 3.8) is 0 Å². The topological polar surface area (TPSA) is 13.1 Å². The van der Waals surface area contributed by atoms with Crippen LogP contribution >= 0.6 is 0 Å². The van der Waals surface area contributed by atoms with Crippen molar-refractivity contribution in [3.8, 4) is 44.5 Å². The monoisotopic (exact) mass is 576 g/mol. The number of para-hydroxylation sites is 1. The summed E-state index contributed by atoms with van der Waals surface area (Å²) in [5.74, 6) is 0. The number of hydrogen-bond donors (Lipinski definition) is 0. The van der Waals surface area contributed by atoms with Gasteiger partial charge in [-0.25, -0.2) is 0 Å². The first-order valence-electron chi connectivity index (χ1n) is 17.1. The fourth-order valence-corrected chi connectivity index (χ4v) is 6.76. The van der Waals surface area contributed by atoms with Crippen LogP contribution in [0.3, 0.4) is 0 Å². The van der Waals surface area contributed by atoms with Gasteiger partial charge in [-0.15, -0.1) is 0 Å². The summed E-state index contributed by atoms with van der Waals surface area (Å²) in [5, 5.41) is 5.68. The van der Waals surface area contributed by atoms with Gasteiger partial charge in [0.15, 0.2) is 0 Å². The second kappa shape index (κ2) is 10.4. The summed E-state index contributed by atoms with van der Waals surface area (Å²) in [5.41, 5.74) is 7.73. The normalized spacial score (nSPS) is 12.8. The molecule has 45 heavy (non-hydrogen) atoms. The Morgan fingerprint density at radius 2 is 0.822 bits per heavy atom. The average Bonchev–Trinajstić information content (AvgIpc) is 3.54. The zero-order chi connectivity index (χ0) is 33.2. The molecule has 1 heteroatoms. The zero-order valence-corrected chi connectivity index (χ0v) is 24.3. The van der Waals surface area contributed by atoms with Gasteiger partial charge in [0.2, 0.25) is 0 Å². The first kappa shape index (κ1) is 21.7. The van der Waals surface area contributed by atoms with Gasteiger partial charge in [-0.3, -0.25) is 0 Å². The molecule has 0 fully saturated rings. The van der Waals surface area contributed by atoms with E-state index in [4.69, 9.17) is 7.16 Å². The summed E-state index contributed by atoms with van der Waals surface area (Å²) in [6.07, 6.45) is 0. The van der Waals surface area contributed by atoms with Crippen molar-refractivity contribution in [2.45, 2.75) is 0 Å². The fraction of sp³-hybridized carbons (Fsp3) is 0. The van der Waals surface area contributed by atoms with Gasteiger partial charge in [-0.1, -0.05) is 158 Å². The van der Waals surface area contributed by atoms with E-state index in [-0.39, 0.29) is 24.2 Å². The fourth-order valence-electron chi connectivity index (χ4n) is 6.76. The highest BCUT2D eigenvalue weighted by atomic mass is 16.3. The van der Waals surface area contributed by atoms with Gasteiger partial charge in [0.05, 0.1) is 5.48 Å². The van der Waals surface area contributed by atoms with Gasteiger partial charge in [-0.2, -0.15) is 0 Å². The molecule has 9 aromatic rings. The van der Waals surface area contributed by atoms with Gasteiger partial charge in [0.25, 0.3) is 0 Å². The summed E-state index contributed by atoms with van der Waals surface area (Å²) in [7, 11) is 0. The van der Waals surface area contributed by atoms with E-state index >= 15 is 0 Å². The molecular weight excluding hydrogens is 544 g/mol. The molecule has 210 valence electrons. The molecule has 1 heterocycles. The van der Waals surface area contributed by atoms with Crippen molar-refractivity contribution >= 4 is 43.5 Å². The molecule has 8 aromatic carbocycles. The summed E-state index contributed by atoms with van der Waals surface area (Å²) >= 11 is 0. The van der Waals surface area contributed by atoms with Crippen molar-refractivity contribution < 1.29 is 9.90 Å². The second-order valence-electron chi connectivity index (χ2n) is 11.3. The predicted octanol–water partition coefficient (Wildman–Crippen LogP) is 12.6. The molecule has 1 nitrogen and oxygen atoms in total. The van der Waals surface area contributed by atoms with Crippen molar-refractivity contribution in [2.75, 3.05) is 0 Å². The Balaban J connectivity index is 1.41. The smallest absolute Gasteiger partial charge is 0.143 e. The van der Waals surface area contributed by atoms with E-state index in [1.807, 2.05) is 103 Å². The Bertz CT molecular complexity index is 2660. The highest BCUT2D eigenvalue weighted by molar-refractivity contribution is 6.26. The van der Waals surface area contributed by atoms with E-state index < -0.39 is 0 Å². The molecule has 0 aliphatic rings. The maximum Gasteiger partial charge on any atom is 0.143 e. The third kappa shape index (κ3) is 4.09. The molecule has 0 spiro atoms. The van der Waals surface area contributed by atoms with Crippen LogP contribution in [-0.2, 0) is 0 Å². The molecule has 0 N–H and O–H groups in total. The molecule has 0 saturated carbocycles. The highest BCUT2D eigenvalue weighted by Crippen LogP contribution is 2.48. The van der Waals surface area contributed by atoms with Crippen LogP contribution in [0.2, 0.25) is 0 Å². The minimum Gasteiger partial charge on any atom is -0.455 e. The molecule has 9 rings (SSSR count). The van der Waals surface area contributed by atoms with E-state index in [0.717, 1.165) is 65.7 Å². The lowest BCUT2D eigenvalue weighted by Gasteiger charge is -2.19. The number of fused-ring (bicyclic) bond motifs is 5. The van der Waals surface area contributed by atoms with E-state index in [1.54, 1.807) is 0 Å². The Kier molecular flexibility index (Phi) is 5.00. The van der Waals surface area contributed by atoms with Gasteiger partial charge in [-0.05, 0) is 72.6 Å². The SMILES string of the molecule is [2H]c1c([2H])c(-c2c3ccccc3c(-c3ccc(-c4ccccc4)c4oc5ccccc5c34)c3ccccc23)c([2H])c([2H])c1-c1ccccc1. The first-order chi connectivity index (χ1) is 24.0. The van der Waals surface area contributed by atoms with Crippen LogP contribution in [0, 0.1) is 0 Å². The van der Waals surface area contributed by atoms with Crippen LogP contribution in [0.4, 0.5) is 0 Å². The van der Waals surface area contributed by atoms with Crippen LogP contribution < -0.4 is 0 Å². The maximum atomic E-state index is 9.31.